The molecule has 2 aromatic rings. The molecule has 0 unspecified atom stereocenters. The maximum Gasteiger partial charge on any atom is 0.410 e. The Morgan fingerprint density at radius 3 is 2.74 bits per heavy atom. The fourth-order valence-electron chi connectivity index (χ4n) is 2.55. The van der Waals surface area contributed by atoms with Crippen LogP contribution >= 0.6 is 11.6 Å². The monoisotopic (exact) mass is 334 g/mol. The van der Waals surface area contributed by atoms with Crippen molar-refractivity contribution < 1.29 is 9.53 Å². The third-order valence-corrected chi connectivity index (χ3v) is 3.89. The van der Waals surface area contributed by atoms with E-state index < -0.39 is 5.60 Å². The van der Waals surface area contributed by atoms with Crippen molar-refractivity contribution in [2.45, 2.75) is 39.5 Å². The van der Waals surface area contributed by atoms with Crippen molar-refractivity contribution in [1.82, 2.24) is 19.7 Å². The fourth-order valence-corrected chi connectivity index (χ4v) is 2.77. The number of carbonyl (C=O) groups excluding carboxylic acids is 1. The molecule has 1 aliphatic rings. The summed E-state index contributed by atoms with van der Waals surface area (Å²) in [6, 6.07) is 1.85. The minimum absolute atomic E-state index is 0.309. The average molecular weight is 335 g/mol. The average Bonchev–Trinajstić information content (AvgIpc) is 2.89. The smallest absolute Gasteiger partial charge is 0.410 e. The van der Waals surface area contributed by atoms with Crippen molar-refractivity contribution in [3.05, 3.63) is 35.4 Å². The Morgan fingerprint density at radius 1 is 1.26 bits per heavy atom. The number of pyridine rings is 1. The lowest BCUT2D eigenvalue weighted by Gasteiger charge is -2.30. The maximum absolute atomic E-state index is 12.3. The molecule has 122 valence electrons. The highest BCUT2D eigenvalue weighted by atomic mass is 35.5. The molecule has 2 aromatic heterocycles. The molecular formula is C16H19ClN4O2. The predicted octanol–water partition coefficient (Wildman–Crippen LogP) is 3.35. The predicted molar refractivity (Wildman–Crippen MR) is 87.1 cm³/mol. The molecule has 7 heteroatoms. The fraction of sp³-hybridized carbons (Fsp3) is 0.438. The zero-order valence-electron chi connectivity index (χ0n) is 13.4. The van der Waals surface area contributed by atoms with Crippen LogP contribution in [0.15, 0.2) is 24.7 Å². The van der Waals surface area contributed by atoms with Gasteiger partial charge in [0.25, 0.3) is 0 Å². The van der Waals surface area contributed by atoms with E-state index >= 15 is 0 Å². The first-order valence-corrected chi connectivity index (χ1v) is 7.85. The first kappa shape index (κ1) is 15.8. The summed E-state index contributed by atoms with van der Waals surface area (Å²) < 4.78 is 7.37. The highest BCUT2D eigenvalue weighted by Gasteiger charge is 2.28. The Bertz CT molecular complexity index is 736. The summed E-state index contributed by atoms with van der Waals surface area (Å²) in [6.45, 7) is 7.25. The summed E-state index contributed by atoms with van der Waals surface area (Å²) in [5, 5.41) is 4.97. The molecule has 0 radical (unpaired) electrons. The summed E-state index contributed by atoms with van der Waals surface area (Å²) in [4.78, 5) is 18.0. The summed E-state index contributed by atoms with van der Waals surface area (Å²) >= 11 is 6.24. The van der Waals surface area contributed by atoms with E-state index in [4.69, 9.17) is 16.3 Å². The van der Waals surface area contributed by atoms with Crippen LogP contribution in [0.5, 0.6) is 0 Å². The van der Waals surface area contributed by atoms with Crippen molar-refractivity contribution in [1.29, 1.82) is 0 Å². The second kappa shape index (κ2) is 5.85. The van der Waals surface area contributed by atoms with Crippen molar-refractivity contribution in [2.24, 2.45) is 0 Å². The van der Waals surface area contributed by atoms with E-state index in [-0.39, 0.29) is 6.09 Å². The number of hydrogen-bond acceptors (Lipinski definition) is 4. The lowest BCUT2D eigenvalue weighted by atomic mass is 10.1. The molecule has 0 aromatic carbocycles. The number of ether oxygens (including phenoxy) is 1. The molecular weight excluding hydrogens is 316 g/mol. The third-order valence-electron chi connectivity index (χ3n) is 3.59. The summed E-state index contributed by atoms with van der Waals surface area (Å²) in [5.41, 5.74) is 2.24. The van der Waals surface area contributed by atoms with Gasteiger partial charge in [0.1, 0.15) is 5.60 Å². The van der Waals surface area contributed by atoms with E-state index in [9.17, 15) is 4.79 Å². The Balaban J connectivity index is 1.88. The first-order valence-electron chi connectivity index (χ1n) is 7.47. The Labute approximate surface area is 140 Å². The van der Waals surface area contributed by atoms with Gasteiger partial charge in [-0.25, -0.2) is 4.79 Å². The first-order chi connectivity index (χ1) is 10.8. The van der Waals surface area contributed by atoms with Gasteiger partial charge in [0, 0.05) is 30.1 Å². The van der Waals surface area contributed by atoms with E-state index in [0.717, 1.165) is 16.8 Å². The van der Waals surface area contributed by atoms with Crippen molar-refractivity contribution in [3.63, 3.8) is 0 Å². The number of aromatic nitrogens is 3. The molecule has 3 heterocycles. The number of fused-ring (bicyclic) bond motifs is 1. The number of hydrogen-bond donors (Lipinski definition) is 0. The van der Waals surface area contributed by atoms with Crippen molar-refractivity contribution in [2.75, 3.05) is 6.54 Å². The van der Waals surface area contributed by atoms with E-state index in [1.165, 1.54) is 0 Å². The summed E-state index contributed by atoms with van der Waals surface area (Å²) in [7, 11) is 0. The minimum Gasteiger partial charge on any atom is -0.444 e. The quantitative estimate of drug-likeness (QED) is 0.802. The Morgan fingerprint density at radius 2 is 2.04 bits per heavy atom. The van der Waals surface area contributed by atoms with Gasteiger partial charge in [-0.1, -0.05) is 11.6 Å². The van der Waals surface area contributed by atoms with Crippen LogP contribution < -0.4 is 0 Å². The van der Waals surface area contributed by atoms with Crippen molar-refractivity contribution in [3.8, 4) is 11.1 Å². The van der Waals surface area contributed by atoms with Gasteiger partial charge >= 0.3 is 6.09 Å². The molecule has 6 nitrogen and oxygen atoms in total. The van der Waals surface area contributed by atoms with Gasteiger partial charge in [0.05, 0.1) is 30.0 Å². The second-order valence-corrected chi connectivity index (χ2v) is 6.89. The number of carbonyl (C=O) groups is 1. The van der Waals surface area contributed by atoms with Gasteiger partial charge in [-0.05, 0) is 26.8 Å². The molecule has 0 saturated heterocycles. The van der Waals surface area contributed by atoms with Crippen LogP contribution in [0.2, 0.25) is 5.02 Å². The second-order valence-electron chi connectivity index (χ2n) is 6.49. The van der Waals surface area contributed by atoms with E-state index in [0.29, 0.717) is 24.7 Å². The number of rotatable bonds is 1. The van der Waals surface area contributed by atoms with Crippen LogP contribution in [0.3, 0.4) is 0 Å². The molecule has 0 fully saturated rings. The zero-order chi connectivity index (χ0) is 16.6. The van der Waals surface area contributed by atoms with Crippen LogP contribution in [0, 0.1) is 0 Å². The van der Waals surface area contributed by atoms with Crippen LogP contribution in [0.4, 0.5) is 4.79 Å². The van der Waals surface area contributed by atoms with Gasteiger partial charge < -0.3 is 9.64 Å². The van der Waals surface area contributed by atoms with Gasteiger partial charge in [-0.15, -0.1) is 0 Å². The van der Waals surface area contributed by atoms with Gasteiger partial charge in [-0.2, -0.15) is 5.10 Å². The van der Waals surface area contributed by atoms with Crippen molar-refractivity contribution >= 4 is 17.7 Å². The van der Waals surface area contributed by atoms with E-state index in [1.54, 1.807) is 23.5 Å². The molecule has 0 aliphatic carbocycles. The standard InChI is InChI=1S/C16H19ClN4O2/c1-16(2,3)23-15(22)20-6-7-21-14(10-20)12(8-19-21)11-4-5-18-9-13(11)17/h4-5,8-9H,6-7,10H2,1-3H3. The number of nitrogens with zero attached hydrogens (tertiary/aromatic N) is 4. The summed E-state index contributed by atoms with van der Waals surface area (Å²) in [6.07, 6.45) is 4.78. The molecule has 0 bridgehead atoms. The highest BCUT2D eigenvalue weighted by Crippen LogP contribution is 2.31. The summed E-state index contributed by atoms with van der Waals surface area (Å²) in [5.74, 6) is 0. The largest absolute Gasteiger partial charge is 0.444 e. The van der Waals surface area contributed by atoms with E-state index in [2.05, 4.69) is 10.1 Å². The molecule has 3 rings (SSSR count). The molecule has 23 heavy (non-hydrogen) atoms. The number of amides is 1. The SMILES string of the molecule is CC(C)(C)OC(=O)N1CCn2ncc(-c3ccncc3Cl)c2C1. The highest BCUT2D eigenvalue weighted by molar-refractivity contribution is 6.33. The van der Waals surface area contributed by atoms with Gasteiger partial charge in [0.2, 0.25) is 0 Å². The number of halogens is 1. The van der Waals surface area contributed by atoms with Crippen LogP contribution in [0.1, 0.15) is 26.5 Å². The zero-order valence-corrected chi connectivity index (χ0v) is 14.2. The normalized spacial score (nSPS) is 14.5. The Kier molecular flexibility index (Phi) is 4.02. The van der Waals surface area contributed by atoms with Crippen LogP contribution in [0.25, 0.3) is 11.1 Å². The maximum atomic E-state index is 12.3. The topological polar surface area (TPSA) is 60.2 Å². The molecule has 1 amide bonds. The van der Waals surface area contributed by atoms with Crippen LogP contribution in [-0.4, -0.2) is 37.9 Å². The van der Waals surface area contributed by atoms with E-state index in [1.807, 2.05) is 31.5 Å². The molecule has 0 atom stereocenters. The molecule has 0 saturated carbocycles. The molecule has 0 N–H and O–H groups in total. The lowest BCUT2D eigenvalue weighted by Crippen LogP contribution is -2.41. The lowest BCUT2D eigenvalue weighted by molar-refractivity contribution is 0.0195. The van der Waals surface area contributed by atoms with Gasteiger partial charge in [-0.3, -0.25) is 9.67 Å². The van der Waals surface area contributed by atoms with Crippen LogP contribution in [-0.2, 0) is 17.8 Å². The molecule has 1 aliphatic heterocycles. The van der Waals surface area contributed by atoms with Gasteiger partial charge in [0.15, 0.2) is 0 Å². The third kappa shape index (κ3) is 3.32. The minimum atomic E-state index is -0.508. The Hall–Kier alpha value is -2.08. The molecule has 0 spiro atoms.